The second kappa shape index (κ2) is 6.52. The zero-order valence-corrected chi connectivity index (χ0v) is 12.9. The van der Waals surface area contributed by atoms with E-state index in [1.54, 1.807) is 24.3 Å². The second-order valence-electron chi connectivity index (χ2n) is 5.26. The number of para-hydroxylation sites is 1. The standard InChI is InChI=1S/C18H18N2O3/c1-2-23-16-6-4-3-5-14(16)18(22)20-13-8-7-12-9-10-19-17(21)15(12)11-13/h3-8,11H,2,9-10H2,1H3,(H,19,21)(H,20,22). The van der Waals surface area contributed by atoms with Gasteiger partial charge in [-0.1, -0.05) is 18.2 Å². The third kappa shape index (κ3) is 3.18. The van der Waals surface area contributed by atoms with Crippen molar-refractivity contribution < 1.29 is 14.3 Å². The summed E-state index contributed by atoms with van der Waals surface area (Å²) < 4.78 is 5.48. The zero-order valence-electron chi connectivity index (χ0n) is 12.9. The van der Waals surface area contributed by atoms with Gasteiger partial charge >= 0.3 is 0 Å². The van der Waals surface area contributed by atoms with Crippen molar-refractivity contribution in [2.45, 2.75) is 13.3 Å². The Morgan fingerprint density at radius 3 is 2.91 bits per heavy atom. The third-order valence-corrected chi connectivity index (χ3v) is 3.72. The molecule has 0 aliphatic carbocycles. The van der Waals surface area contributed by atoms with Gasteiger partial charge in [-0.05, 0) is 43.2 Å². The van der Waals surface area contributed by atoms with Gasteiger partial charge in [-0.15, -0.1) is 0 Å². The maximum Gasteiger partial charge on any atom is 0.259 e. The molecule has 2 amide bonds. The minimum Gasteiger partial charge on any atom is -0.493 e. The molecule has 1 aliphatic heterocycles. The Labute approximate surface area is 134 Å². The van der Waals surface area contributed by atoms with Crippen molar-refractivity contribution >= 4 is 17.5 Å². The van der Waals surface area contributed by atoms with Crippen molar-refractivity contribution in [2.75, 3.05) is 18.5 Å². The lowest BCUT2D eigenvalue weighted by Gasteiger charge is -2.17. The van der Waals surface area contributed by atoms with E-state index in [9.17, 15) is 9.59 Å². The fourth-order valence-electron chi connectivity index (χ4n) is 2.62. The summed E-state index contributed by atoms with van der Waals surface area (Å²) in [5, 5.41) is 5.63. The molecule has 1 heterocycles. The van der Waals surface area contributed by atoms with Crippen LogP contribution in [-0.2, 0) is 6.42 Å². The SMILES string of the molecule is CCOc1ccccc1C(=O)Nc1ccc2c(c1)C(=O)NCC2. The van der Waals surface area contributed by atoms with Crippen molar-refractivity contribution in [1.82, 2.24) is 5.32 Å². The van der Waals surface area contributed by atoms with Gasteiger partial charge in [0.1, 0.15) is 5.75 Å². The molecule has 5 heteroatoms. The van der Waals surface area contributed by atoms with E-state index in [0.717, 1.165) is 12.0 Å². The molecule has 0 unspecified atom stereocenters. The first kappa shape index (κ1) is 15.1. The number of hydrogen-bond donors (Lipinski definition) is 2. The number of carbonyl (C=O) groups is 2. The molecule has 0 fully saturated rings. The summed E-state index contributed by atoms with van der Waals surface area (Å²) >= 11 is 0. The lowest BCUT2D eigenvalue weighted by molar-refractivity contribution is 0.0944. The van der Waals surface area contributed by atoms with E-state index in [-0.39, 0.29) is 11.8 Å². The molecular weight excluding hydrogens is 292 g/mol. The summed E-state index contributed by atoms with van der Waals surface area (Å²) in [7, 11) is 0. The van der Waals surface area contributed by atoms with Crippen LogP contribution < -0.4 is 15.4 Å². The Bertz CT molecular complexity index is 756. The first-order valence-electron chi connectivity index (χ1n) is 7.63. The third-order valence-electron chi connectivity index (χ3n) is 3.72. The predicted molar refractivity (Wildman–Crippen MR) is 88.0 cm³/mol. The van der Waals surface area contributed by atoms with E-state index in [1.165, 1.54) is 0 Å². The number of nitrogens with one attached hydrogen (secondary N) is 2. The summed E-state index contributed by atoms with van der Waals surface area (Å²) in [5.41, 5.74) is 2.68. The molecule has 1 aliphatic rings. The van der Waals surface area contributed by atoms with Crippen molar-refractivity contribution in [3.63, 3.8) is 0 Å². The molecule has 2 N–H and O–H groups in total. The quantitative estimate of drug-likeness (QED) is 0.912. The summed E-state index contributed by atoms with van der Waals surface area (Å²) in [5.74, 6) is 0.186. The Hall–Kier alpha value is -2.82. The highest BCUT2D eigenvalue weighted by Crippen LogP contribution is 2.22. The second-order valence-corrected chi connectivity index (χ2v) is 5.26. The Kier molecular flexibility index (Phi) is 4.28. The van der Waals surface area contributed by atoms with Gasteiger partial charge in [-0.3, -0.25) is 9.59 Å². The average Bonchev–Trinajstić information content (AvgIpc) is 2.56. The first-order chi connectivity index (χ1) is 11.2. The number of carbonyl (C=O) groups excluding carboxylic acids is 2. The van der Waals surface area contributed by atoms with Gasteiger partial charge in [0.2, 0.25) is 0 Å². The number of amides is 2. The predicted octanol–water partition coefficient (Wildman–Crippen LogP) is 2.62. The average molecular weight is 310 g/mol. The van der Waals surface area contributed by atoms with Crippen molar-refractivity contribution in [1.29, 1.82) is 0 Å². The topological polar surface area (TPSA) is 67.4 Å². The van der Waals surface area contributed by atoms with E-state index >= 15 is 0 Å². The van der Waals surface area contributed by atoms with Crippen LogP contribution in [0, 0.1) is 0 Å². The summed E-state index contributed by atoms with van der Waals surface area (Å²) in [6.07, 6.45) is 0.808. The molecule has 118 valence electrons. The van der Waals surface area contributed by atoms with Gasteiger partial charge in [-0.2, -0.15) is 0 Å². The van der Waals surface area contributed by atoms with Crippen molar-refractivity contribution in [3.8, 4) is 5.75 Å². The molecule has 23 heavy (non-hydrogen) atoms. The largest absolute Gasteiger partial charge is 0.493 e. The highest BCUT2D eigenvalue weighted by atomic mass is 16.5. The normalized spacial score (nSPS) is 13.0. The number of hydrogen-bond acceptors (Lipinski definition) is 3. The minimum absolute atomic E-state index is 0.0999. The molecule has 0 aromatic heterocycles. The van der Waals surface area contributed by atoms with E-state index in [1.807, 2.05) is 25.1 Å². The zero-order chi connectivity index (χ0) is 16.2. The Balaban J connectivity index is 1.84. The van der Waals surface area contributed by atoms with E-state index < -0.39 is 0 Å². The number of rotatable bonds is 4. The van der Waals surface area contributed by atoms with Crippen LogP contribution in [-0.4, -0.2) is 25.0 Å². The molecule has 3 rings (SSSR count). The maximum absolute atomic E-state index is 12.5. The number of benzene rings is 2. The van der Waals surface area contributed by atoms with Gasteiger partial charge in [0.25, 0.3) is 11.8 Å². The summed E-state index contributed by atoms with van der Waals surface area (Å²) in [4.78, 5) is 24.4. The van der Waals surface area contributed by atoms with Crippen LogP contribution in [0.1, 0.15) is 33.2 Å². The summed E-state index contributed by atoms with van der Waals surface area (Å²) in [6, 6.07) is 12.5. The molecule has 0 saturated carbocycles. The lowest BCUT2D eigenvalue weighted by Crippen LogP contribution is -2.31. The van der Waals surface area contributed by atoms with Crippen LogP contribution in [0.25, 0.3) is 0 Å². The van der Waals surface area contributed by atoms with Crippen LogP contribution in [0.5, 0.6) is 5.75 Å². The van der Waals surface area contributed by atoms with Gasteiger partial charge in [0, 0.05) is 17.8 Å². The Morgan fingerprint density at radius 1 is 1.26 bits per heavy atom. The number of ether oxygens (including phenoxy) is 1. The summed E-state index contributed by atoms with van der Waals surface area (Å²) in [6.45, 7) is 3.01. The monoisotopic (exact) mass is 310 g/mol. The van der Waals surface area contributed by atoms with Crippen LogP contribution in [0.4, 0.5) is 5.69 Å². The van der Waals surface area contributed by atoms with Crippen molar-refractivity contribution in [3.05, 3.63) is 59.2 Å². The fraction of sp³-hybridized carbons (Fsp3) is 0.222. The lowest BCUT2D eigenvalue weighted by atomic mass is 10.00. The fourth-order valence-corrected chi connectivity index (χ4v) is 2.62. The maximum atomic E-state index is 12.5. The number of fused-ring (bicyclic) bond motifs is 1. The molecular formula is C18H18N2O3. The molecule has 0 saturated heterocycles. The van der Waals surface area contributed by atoms with Gasteiger partial charge in [0.05, 0.1) is 12.2 Å². The number of anilines is 1. The van der Waals surface area contributed by atoms with Gasteiger partial charge in [-0.25, -0.2) is 0 Å². The molecule has 2 aromatic rings. The molecule has 2 aromatic carbocycles. The molecule has 0 bridgehead atoms. The first-order valence-corrected chi connectivity index (χ1v) is 7.63. The highest BCUT2D eigenvalue weighted by molar-refractivity contribution is 6.07. The minimum atomic E-state index is -0.259. The molecule has 0 radical (unpaired) electrons. The molecule has 0 atom stereocenters. The van der Waals surface area contributed by atoms with Crippen LogP contribution in [0.2, 0.25) is 0 Å². The van der Waals surface area contributed by atoms with Crippen LogP contribution in [0.3, 0.4) is 0 Å². The van der Waals surface area contributed by atoms with Gasteiger partial charge in [0.15, 0.2) is 0 Å². The van der Waals surface area contributed by atoms with Crippen LogP contribution >= 0.6 is 0 Å². The smallest absolute Gasteiger partial charge is 0.259 e. The van der Waals surface area contributed by atoms with E-state index in [2.05, 4.69) is 10.6 Å². The van der Waals surface area contributed by atoms with E-state index in [0.29, 0.717) is 35.7 Å². The van der Waals surface area contributed by atoms with Gasteiger partial charge < -0.3 is 15.4 Å². The Morgan fingerprint density at radius 2 is 2.09 bits per heavy atom. The van der Waals surface area contributed by atoms with E-state index in [4.69, 9.17) is 4.74 Å². The van der Waals surface area contributed by atoms with Crippen molar-refractivity contribution in [2.24, 2.45) is 0 Å². The molecule has 0 spiro atoms. The highest BCUT2D eigenvalue weighted by Gasteiger charge is 2.18. The van der Waals surface area contributed by atoms with Crippen LogP contribution in [0.15, 0.2) is 42.5 Å². The molecule has 5 nitrogen and oxygen atoms in total.